The predicted molar refractivity (Wildman–Crippen MR) is 118 cm³/mol. The third-order valence-corrected chi connectivity index (χ3v) is 7.79. The Hall–Kier alpha value is -3.04. The molecule has 1 unspecified atom stereocenters. The summed E-state index contributed by atoms with van der Waals surface area (Å²) >= 11 is 0. The minimum atomic E-state index is -5.03. The molecule has 3 aliphatic heterocycles. The zero-order chi connectivity index (χ0) is 24.4. The van der Waals surface area contributed by atoms with Crippen LogP contribution in [0.1, 0.15) is 29.5 Å². The number of alkyl halides is 3. The average Bonchev–Trinajstić information content (AvgIpc) is 3.39. The lowest BCUT2D eigenvalue weighted by Crippen LogP contribution is -2.55. The SMILES string of the molecule is CO[C@@](C(=O)O[C@H]1CN2Cc3cc4c(cc3[C@]13C=CCC[C@H]23)OCO4)(c1ccccc1)C(F)(F)F. The summed E-state index contributed by atoms with van der Waals surface area (Å²) in [7, 11) is 0.885. The van der Waals surface area contributed by atoms with Gasteiger partial charge in [0, 0.05) is 31.8 Å². The van der Waals surface area contributed by atoms with Gasteiger partial charge in [0.15, 0.2) is 11.5 Å². The topological polar surface area (TPSA) is 57.2 Å². The van der Waals surface area contributed by atoms with Gasteiger partial charge in [-0.1, -0.05) is 42.5 Å². The summed E-state index contributed by atoms with van der Waals surface area (Å²) in [5, 5.41) is 0. The second-order valence-corrected chi connectivity index (χ2v) is 9.36. The van der Waals surface area contributed by atoms with Gasteiger partial charge in [-0.25, -0.2) is 4.79 Å². The van der Waals surface area contributed by atoms with E-state index in [1.54, 1.807) is 6.07 Å². The van der Waals surface area contributed by atoms with Gasteiger partial charge in [-0.2, -0.15) is 13.2 Å². The normalized spacial score (nSPS) is 29.8. The standard InChI is InChI=1S/C26H24F3NO5/c1-32-25(26(27,28)29,17-7-3-2-4-8-17)23(31)35-22-14-30-13-16-11-19-20(34-15-33-19)12-18(16)24(22)10-6-5-9-21(24)30/h2-4,6-8,10-12,21-22H,5,9,13-15H2,1H3/t21-,22-,24-,25+/m0/s1. The maximum absolute atomic E-state index is 14.5. The Morgan fingerprint density at radius 2 is 1.89 bits per heavy atom. The van der Waals surface area contributed by atoms with E-state index in [-0.39, 0.29) is 18.4 Å². The smallest absolute Gasteiger partial charge is 0.432 e. The zero-order valence-corrected chi connectivity index (χ0v) is 19.0. The fourth-order valence-corrected chi connectivity index (χ4v) is 6.27. The fraction of sp³-hybridized carbons (Fsp3) is 0.423. The Labute approximate surface area is 200 Å². The summed E-state index contributed by atoms with van der Waals surface area (Å²) in [5.41, 5.74) is -2.44. The number of fused-ring (bicyclic) bond motifs is 2. The highest BCUT2D eigenvalue weighted by Crippen LogP contribution is 2.55. The van der Waals surface area contributed by atoms with Crippen molar-refractivity contribution in [1.82, 2.24) is 4.90 Å². The molecular weight excluding hydrogens is 463 g/mol. The molecule has 6 nitrogen and oxygen atoms in total. The Bertz CT molecular complexity index is 1200. The van der Waals surface area contributed by atoms with Gasteiger partial charge < -0.3 is 18.9 Å². The van der Waals surface area contributed by atoms with E-state index in [1.165, 1.54) is 24.3 Å². The molecule has 0 N–H and O–H groups in total. The average molecular weight is 487 g/mol. The highest BCUT2D eigenvalue weighted by molar-refractivity contribution is 5.83. The first kappa shape index (κ1) is 22.4. The van der Waals surface area contributed by atoms with E-state index in [9.17, 15) is 18.0 Å². The van der Waals surface area contributed by atoms with Gasteiger partial charge in [-0.15, -0.1) is 0 Å². The fourth-order valence-electron chi connectivity index (χ4n) is 6.27. The minimum Gasteiger partial charge on any atom is -0.457 e. The summed E-state index contributed by atoms with van der Waals surface area (Å²) in [6.45, 7) is 1.02. The molecule has 2 aromatic rings. The van der Waals surface area contributed by atoms with Crippen LogP contribution in [0.2, 0.25) is 0 Å². The number of benzene rings is 2. The van der Waals surface area contributed by atoms with Gasteiger partial charge in [0.1, 0.15) is 6.10 Å². The second kappa shape index (κ2) is 7.73. The first-order chi connectivity index (χ1) is 16.8. The largest absolute Gasteiger partial charge is 0.457 e. The molecule has 6 rings (SSSR count). The predicted octanol–water partition coefficient (Wildman–Crippen LogP) is 4.22. The number of esters is 1. The maximum Gasteiger partial charge on any atom is 0.432 e. The molecule has 0 saturated carbocycles. The molecule has 5 atom stereocenters. The molecule has 0 aromatic heterocycles. The first-order valence-corrected chi connectivity index (χ1v) is 11.5. The van der Waals surface area contributed by atoms with E-state index in [4.69, 9.17) is 18.9 Å². The number of ether oxygens (including phenoxy) is 4. The van der Waals surface area contributed by atoms with Gasteiger partial charge in [-0.3, -0.25) is 4.90 Å². The Balaban J connectivity index is 1.44. The Morgan fingerprint density at radius 1 is 1.14 bits per heavy atom. The first-order valence-electron chi connectivity index (χ1n) is 11.5. The van der Waals surface area contributed by atoms with Crippen molar-refractivity contribution in [2.75, 3.05) is 20.4 Å². The molecule has 0 spiro atoms. The number of carbonyl (C=O) groups excluding carboxylic acids is 1. The number of hydrogen-bond acceptors (Lipinski definition) is 6. The number of carbonyl (C=O) groups is 1. The summed E-state index contributed by atoms with van der Waals surface area (Å²) < 4.78 is 65.4. The molecule has 1 aliphatic carbocycles. The molecule has 2 bridgehead atoms. The number of halogens is 3. The molecule has 1 saturated heterocycles. The Morgan fingerprint density at radius 3 is 2.60 bits per heavy atom. The lowest BCUT2D eigenvalue weighted by atomic mass is 9.65. The van der Waals surface area contributed by atoms with E-state index in [2.05, 4.69) is 4.90 Å². The van der Waals surface area contributed by atoms with E-state index >= 15 is 0 Å². The molecule has 184 valence electrons. The molecule has 0 amide bonds. The molecule has 4 aliphatic rings. The number of methoxy groups -OCH3 is 1. The van der Waals surface area contributed by atoms with Crippen molar-refractivity contribution < 1.29 is 36.9 Å². The van der Waals surface area contributed by atoms with Crippen molar-refractivity contribution in [3.63, 3.8) is 0 Å². The zero-order valence-electron chi connectivity index (χ0n) is 19.0. The van der Waals surface area contributed by atoms with Crippen LogP contribution in [0.15, 0.2) is 54.6 Å². The van der Waals surface area contributed by atoms with Crippen LogP contribution < -0.4 is 9.47 Å². The van der Waals surface area contributed by atoms with Crippen molar-refractivity contribution in [1.29, 1.82) is 0 Å². The van der Waals surface area contributed by atoms with Crippen molar-refractivity contribution in [3.8, 4) is 11.5 Å². The number of hydrogen-bond donors (Lipinski definition) is 0. The van der Waals surface area contributed by atoms with Crippen LogP contribution in [-0.2, 0) is 31.8 Å². The van der Waals surface area contributed by atoms with Gasteiger partial charge >= 0.3 is 12.1 Å². The van der Waals surface area contributed by atoms with E-state index in [0.29, 0.717) is 24.6 Å². The lowest BCUT2D eigenvalue weighted by Gasteiger charge is -2.45. The molecule has 35 heavy (non-hydrogen) atoms. The Kier molecular flexibility index (Phi) is 4.95. The summed E-state index contributed by atoms with van der Waals surface area (Å²) in [6.07, 6.45) is -0.185. The molecule has 2 aromatic carbocycles. The van der Waals surface area contributed by atoms with Crippen molar-refractivity contribution in [3.05, 3.63) is 71.3 Å². The highest BCUT2D eigenvalue weighted by atomic mass is 19.4. The molecule has 0 radical (unpaired) electrons. The third kappa shape index (κ3) is 3.00. The van der Waals surface area contributed by atoms with Crippen LogP contribution in [0.3, 0.4) is 0 Å². The number of allylic oxidation sites excluding steroid dienone is 1. The highest BCUT2D eigenvalue weighted by Gasteiger charge is 2.66. The summed E-state index contributed by atoms with van der Waals surface area (Å²) in [5.74, 6) is -0.231. The van der Waals surface area contributed by atoms with E-state index in [0.717, 1.165) is 31.1 Å². The minimum absolute atomic E-state index is 0.00210. The van der Waals surface area contributed by atoms with Crippen molar-refractivity contribution >= 4 is 5.97 Å². The maximum atomic E-state index is 14.5. The molecule has 1 fully saturated rings. The van der Waals surface area contributed by atoms with Crippen LogP contribution in [0.5, 0.6) is 11.5 Å². The van der Waals surface area contributed by atoms with E-state index in [1.807, 2.05) is 24.3 Å². The van der Waals surface area contributed by atoms with Crippen LogP contribution >= 0.6 is 0 Å². The van der Waals surface area contributed by atoms with Crippen molar-refractivity contribution in [2.45, 2.75) is 48.7 Å². The summed E-state index contributed by atoms with van der Waals surface area (Å²) in [6, 6.07) is 10.7. The number of rotatable bonds is 4. The van der Waals surface area contributed by atoms with E-state index < -0.39 is 29.3 Å². The lowest BCUT2D eigenvalue weighted by molar-refractivity contribution is -0.278. The van der Waals surface area contributed by atoms with Crippen molar-refractivity contribution in [2.24, 2.45) is 0 Å². The molecule has 3 heterocycles. The van der Waals surface area contributed by atoms with Crippen LogP contribution in [0, 0.1) is 0 Å². The quantitative estimate of drug-likeness (QED) is 0.476. The van der Waals surface area contributed by atoms with Gasteiger partial charge in [0.2, 0.25) is 6.79 Å². The van der Waals surface area contributed by atoms with Gasteiger partial charge in [0.25, 0.3) is 5.60 Å². The molecule has 9 heteroatoms. The van der Waals surface area contributed by atoms with Gasteiger partial charge in [0.05, 0.1) is 5.41 Å². The van der Waals surface area contributed by atoms with Crippen LogP contribution in [-0.4, -0.2) is 49.6 Å². The second-order valence-electron chi connectivity index (χ2n) is 9.36. The summed E-state index contributed by atoms with van der Waals surface area (Å²) in [4.78, 5) is 15.7. The van der Waals surface area contributed by atoms with Crippen LogP contribution in [0.4, 0.5) is 13.2 Å². The number of nitrogens with zero attached hydrogens (tertiary/aromatic N) is 1. The van der Waals surface area contributed by atoms with Gasteiger partial charge in [-0.05, 0) is 36.1 Å². The monoisotopic (exact) mass is 487 g/mol. The molecular formula is C26H24F3NO5. The third-order valence-electron chi connectivity index (χ3n) is 7.79. The van der Waals surface area contributed by atoms with Crippen LogP contribution in [0.25, 0.3) is 0 Å².